The Morgan fingerprint density at radius 2 is 2.17 bits per heavy atom. The van der Waals surface area contributed by atoms with E-state index in [-0.39, 0.29) is 11.1 Å². The SMILES string of the molecule is CC1(C)COCCN1CCn1cc(N)ccc1=O. The Hall–Kier alpha value is -1.33. The average molecular weight is 251 g/mol. The molecule has 2 N–H and O–H groups in total. The average Bonchev–Trinajstić information content (AvgIpc) is 2.31. The van der Waals surface area contributed by atoms with Gasteiger partial charge in [0.05, 0.1) is 13.2 Å². The molecule has 1 saturated heterocycles. The highest BCUT2D eigenvalue weighted by Gasteiger charge is 2.29. The Labute approximate surface area is 107 Å². The molecule has 1 fully saturated rings. The van der Waals surface area contributed by atoms with E-state index in [2.05, 4.69) is 18.7 Å². The molecule has 0 aliphatic carbocycles. The van der Waals surface area contributed by atoms with Crippen molar-refractivity contribution in [1.29, 1.82) is 0 Å². The second-order valence-electron chi connectivity index (χ2n) is 5.35. The second kappa shape index (κ2) is 5.12. The number of morpholine rings is 1. The number of anilines is 1. The van der Waals surface area contributed by atoms with Crippen LogP contribution in [0.2, 0.25) is 0 Å². The summed E-state index contributed by atoms with van der Waals surface area (Å²) in [6, 6.07) is 3.15. The first-order valence-electron chi connectivity index (χ1n) is 6.28. The van der Waals surface area contributed by atoms with Crippen molar-refractivity contribution < 1.29 is 4.74 Å². The highest BCUT2D eigenvalue weighted by molar-refractivity contribution is 5.33. The Morgan fingerprint density at radius 1 is 1.39 bits per heavy atom. The van der Waals surface area contributed by atoms with E-state index < -0.39 is 0 Å². The van der Waals surface area contributed by atoms with Crippen LogP contribution < -0.4 is 11.3 Å². The molecule has 1 aliphatic heterocycles. The Kier molecular flexibility index (Phi) is 3.73. The molecule has 5 heteroatoms. The topological polar surface area (TPSA) is 60.5 Å². The zero-order valence-electron chi connectivity index (χ0n) is 11.1. The Balaban J connectivity index is 2.02. The van der Waals surface area contributed by atoms with Gasteiger partial charge in [-0.1, -0.05) is 0 Å². The number of nitrogen functional groups attached to an aromatic ring is 1. The molecule has 0 atom stereocenters. The molecule has 100 valence electrons. The van der Waals surface area contributed by atoms with Gasteiger partial charge in [0.1, 0.15) is 0 Å². The normalized spacial score (nSPS) is 19.9. The highest BCUT2D eigenvalue weighted by Crippen LogP contribution is 2.18. The fourth-order valence-electron chi connectivity index (χ4n) is 2.26. The monoisotopic (exact) mass is 251 g/mol. The van der Waals surface area contributed by atoms with Crippen LogP contribution in [0.4, 0.5) is 5.69 Å². The number of aromatic nitrogens is 1. The largest absolute Gasteiger partial charge is 0.398 e. The van der Waals surface area contributed by atoms with Crippen LogP contribution in [-0.4, -0.2) is 41.3 Å². The number of hydrogen-bond acceptors (Lipinski definition) is 4. The molecule has 1 aliphatic rings. The number of pyridine rings is 1. The molecule has 0 bridgehead atoms. The summed E-state index contributed by atoms with van der Waals surface area (Å²) in [5.74, 6) is 0. The van der Waals surface area contributed by atoms with Crippen LogP contribution in [0, 0.1) is 0 Å². The van der Waals surface area contributed by atoms with E-state index >= 15 is 0 Å². The van der Waals surface area contributed by atoms with Gasteiger partial charge in [-0.25, -0.2) is 0 Å². The Morgan fingerprint density at radius 3 is 2.89 bits per heavy atom. The lowest BCUT2D eigenvalue weighted by Crippen LogP contribution is -2.54. The zero-order chi connectivity index (χ0) is 13.2. The quantitative estimate of drug-likeness (QED) is 0.852. The minimum atomic E-state index is -0.00438. The van der Waals surface area contributed by atoms with Crippen molar-refractivity contribution in [2.45, 2.75) is 25.9 Å². The number of rotatable bonds is 3. The molecular formula is C13H21N3O2. The molecule has 0 aromatic carbocycles. The van der Waals surface area contributed by atoms with Crippen molar-refractivity contribution in [3.05, 3.63) is 28.7 Å². The van der Waals surface area contributed by atoms with Crippen molar-refractivity contribution in [2.75, 3.05) is 32.0 Å². The minimum absolute atomic E-state index is 0.00438. The highest BCUT2D eigenvalue weighted by atomic mass is 16.5. The molecule has 2 rings (SSSR count). The van der Waals surface area contributed by atoms with E-state index in [1.54, 1.807) is 16.8 Å². The molecule has 0 radical (unpaired) electrons. The number of ether oxygens (including phenoxy) is 1. The summed E-state index contributed by atoms with van der Waals surface area (Å²) < 4.78 is 7.15. The fourth-order valence-corrected chi connectivity index (χ4v) is 2.26. The van der Waals surface area contributed by atoms with Gasteiger partial charge in [-0.15, -0.1) is 0 Å². The van der Waals surface area contributed by atoms with Crippen molar-refractivity contribution in [3.63, 3.8) is 0 Å². The third-order valence-corrected chi connectivity index (χ3v) is 3.43. The van der Waals surface area contributed by atoms with E-state index in [0.717, 1.165) is 26.3 Å². The van der Waals surface area contributed by atoms with E-state index in [1.165, 1.54) is 6.07 Å². The third kappa shape index (κ3) is 2.91. The molecule has 0 amide bonds. The zero-order valence-corrected chi connectivity index (χ0v) is 11.1. The van der Waals surface area contributed by atoms with E-state index in [9.17, 15) is 4.79 Å². The van der Waals surface area contributed by atoms with Crippen LogP contribution >= 0.6 is 0 Å². The van der Waals surface area contributed by atoms with Crippen molar-refractivity contribution in [3.8, 4) is 0 Å². The summed E-state index contributed by atoms with van der Waals surface area (Å²) in [6.45, 7) is 8.22. The van der Waals surface area contributed by atoms with Crippen molar-refractivity contribution >= 4 is 5.69 Å². The van der Waals surface area contributed by atoms with E-state index in [0.29, 0.717) is 12.2 Å². The predicted octanol–water partition coefficient (Wildman–Crippen LogP) is 0.541. The summed E-state index contributed by atoms with van der Waals surface area (Å²) >= 11 is 0. The van der Waals surface area contributed by atoms with Gasteiger partial charge in [0, 0.05) is 43.1 Å². The van der Waals surface area contributed by atoms with Crippen LogP contribution in [0.5, 0.6) is 0 Å². The fraction of sp³-hybridized carbons (Fsp3) is 0.615. The number of nitrogens with two attached hydrogens (primary N) is 1. The molecule has 2 heterocycles. The molecule has 0 saturated carbocycles. The van der Waals surface area contributed by atoms with Gasteiger partial charge in [0.2, 0.25) is 0 Å². The number of hydrogen-bond donors (Lipinski definition) is 1. The maximum absolute atomic E-state index is 11.7. The van der Waals surface area contributed by atoms with E-state index in [4.69, 9.17) is 10.5 Å². The lowest BCUT2D eigenvalue weighted by Gasteiger charge is -2.42. The molecule has 1 aromatic heterocycles. The predicted molar refractivity (Wildman–Crippen MR) is 71.6 cm³/mol. The first kappa shape index (κ1) is 13.1. The van der Waals surface area contributed by atoms with Gasteiger partial charge in [0.15, 0.2) is 0 Å². The first-order valence-corrected chi connectivity index (χ1v) is 6.28. The van der Waals surface area contributed by atoms with Gasteiger partial charge in [0.25, 0.3) is 5.56 Å². The molecule has 5 nitrogen and oxygen atoms in total. The minimum Gasteiger partial charge on any atom is -0.398 e. The molecule has 0 spiro atoms. The summed E-state index contributed by atoms with van der Waals surface area (Å²) in [5.41, 5.74) is 6.34. The third-order valence-electron chi connectivity index (χ3n) is 3.43. The second-order valence-corrected chi connectivity index (χ2v) is 5.35. The molecule has 0 unspecified atom stereocenters. The van der Waals surface area contributed by atoms with E-state index in [1.807, 2.05) is 0 Å². The number of nitrogens with zero attached hydrogens (tertiary/aromatic N) is 2. The van der Waals surface area contributed by atoms with Gasteiger partial charge in [-0.2, -0.15) is 0 Å². The summed E-state index contributed by atoms with van der Waals surface area (Å²) in [6.07, 6.45) is 1.70. The van der Waals surface area contributed by atoms with Crippen LogP contribution in [0.3, 0.4) is 0 Å². The van der Waals surface area contributed by atoms with Crippen LogP contribution in [-0.2, 0) is 11.3 Å². The maximum Gasteiger partial charge on any atom is 0.250 e. The van der Waals surface area contributed by atoms with Crippen LogP contribution in [0.25, 0.3) is 0 Å². The van der Waals surface area contributed by atoms with Gasteiger partial charge in [-0.3, -0.25) is 9.69 Å². The lowest BCUT2D eigenvalue weighted by molar-refractivity contribution is -0.0521. The van der Waals surface area contributed by atoms with Crippen LogP contribution in [0.15, 0.2) is 23.1 Å². The Bertz CT molecular complexity index is 468. The van der Waals surface area contributed by atoms with Gasteiger partial charge >= 0.3 is 0 Å². The van der Waals surface area contributed by atoms with Crippen molar-refractivity contribution in [2.24, 2.45) is 0 Å². The standard InChI is InChI=1S/C13H21N3O2/c1-13(2)10-18-8-7-16(13)6-5-15-9-11(14)3-4-12(15)17/h3-4,9H,5-8,10,14H2,1-2H3. The summed E-state index contributed by atoms with van der Waals surface area (Å²) in [5, 5.41) is 0. The summed E-state index contributed by atoms with van der Waals surface area (Å²) in [7, 11) is 0. The molecule has 1 aromatic rings. The summed E-state index contributed by atoms with van der Waals surface area (Å²) in [4.78, 5) is 14.0. The van der Waals surface area contributed by atoms with Gasteiger partial charge in [-0.05, 0) is 19.9 Å². The smallest absolute Gasteiger partial charge is 0.250 e. The maximum atomic E-state index is 11.7. The first-order chi connectivity index (χ1) is 8.49. The molecule has 18 heavy (non-hydrogen) atoms. The lowest BCUT2D eigenvalue weighted by atomic mass is 10.0. The van der Waals surface area contributed by atoms with Crippen molar-refractivity contribution in [1.82, 2.24) is 9.47 Å². The van der Waals surface area contributed by atoms with Gasteiger partial charge < -0.3 is 15.0 Å². The van der Waals surface area contributed by atoms with Crippen LogP contribution in [0.1, 0.15) is 13.8 Å². The molecular weight excluding hydrogens is 230 g/mol.